The van der Waals surface area contributed by atoms with Gasteiger partial charge in [0.15, 0.2) is 0 Å². The maximum atomic E-state index is 10.4. The van der Waals surface area contributed by atoms with Crippen molar-refractivity contribution in [3.63, 3.8) is 0 Å². The first-order chi connectivity index (χ1) is 10.1. The molecule has 7 nitrogen and oxygen atoms in total. The zero-order valence-electron chi connectivity index (χ0n) is 13.2. The topological polar surface area (TPSA) is 144 Å². The molecule has 9 heteroatoms. The van der Waals surface area contributed by atoms with Crippen molar-refractivity contribution in [3.05, 3.63) is 0 Å². The van der Waals surface area contributed by atoms with Crippen LogP contribution in [0.15, 0.2) is 0 Å². The summed E-state index contributed by atoms with van der Waals surface area (Å²) >= 11 is -5.69. The standard InChI is InChI=1S/C13H28O3S.HIO4/c1-2-3-4-5-6-7-8-9-10-11-12-13-17(14,15)16;2-1(3,4)5/h2-13H2,1H3,(H,14,15,16);2H. The fourth-order valence-electron chi connectivity index (χ4n) is 1.95. The zero-order valence-corrected chi connectivity index (χ0v) is 16.2. The first kappa shape index (κ1) is 24.7. The Morgan fingerprint density at radius 2 is 1.05 bits per heavy atom. The molecule has 0 fully saturated rings. The minimum atomic E-state index is -5.69. The lowest BCUT2D eigenvalue weighted by atomic mass is 10.1. The van der Waals surface area contributed by atoms with E-state index in [9.17, 15) is 8.42 Å². The van der Waals surface area contributed by atoms with Gasteiger partial charge in [-0.1, -0.05) is 71.1 Å². The van der Waals surface area contributed by atoms with Crippen molar-refractivity contribution in [2.45, 2.75) is 77.6 Å². The third-order valence-corrected chi connectivity index (χ3v) is 3.81. The highest BCUT2D eigenvalue weighted by molar-refractivity contribution is 7.85. The quantitative estimate of drug-likeness (QED) is 0.182. The zero-order chi connectivity index (χ0) is 17.5. The molecule has 0 saturated carbocycles. The van der Waals surface area contributed by atoms with E-state index in [1.54, 1.807) is 0 Å². The van der Waals surface area contributed by atoms with Gasteiger partial charge in [0.25, 0.3) is 10.1 Å². The van der Waals surface area contributed by atoms with E-state index in [2.05, 4.69) is 6.92 Å². The summed E-state index contributed by atoms with van der Waals surface area (Å²) in [4.78, 5) is 0. The van der Waals surface area contributed by atoms with Crippen molar-refractivity contribution < 1.29 is 46.8 Å². The third kappa shape index (κ3) is 37.1. The molecule has 0 rings (SSSR count). The molecule has 0 saturated heterocycles. The predicted molar refractivity (Wildman–Crippen MR) is 75.1 cm³/mol. The minimum Gasteiger partial charge on any atom is -0.286 e. The predicted octanol–water partition coefficient (Wildman–Crippen LogP) is -2.93. The SMILES string of the molecule is CCCCCCCCCCCCCS(=O)(=O)O.[O-][I+3]([O-])([O-])O. The highest BCUT2D eigenvalue weighted by Crippen LogP contribution is 2.11. The second kappa shape index (κ2) is 15.0. The maximum absolute atomic E-state index is 10.4. The van der Waals surface area contributed by atoms with Gasteiger partial charge in [-0.3, -0.25) is 14.9 Å². The van der Waals surface area contributed by atoms with Crippen molar-refractivity contribution in [3.8, 4) is 0 Å². The van der Waals surface area contributed by atoms with Gasteiger partial charge in [-0.2, -0.15) is 8.42 Å². The van der Waals surface area contributed by atoms with Crippen molar-refractivity contribution in [1.82, 2.24) is 0 Å². The Kier molecular flexibility index (Phi) is 16.9. The molecule has 0 aliphatic carbocycles. The molecule has 0 bridgehead atoms. The van der Waals surface area contributed by atoms with Crippen LogP contribution >= 0.6 is 0 Å². The summed E-state index contributed by atoms with van der Waals surface area (Å²) in [5, 5.41) is 0. The van der Waals surface area contributed by atoms with Crippen LogP contribution in [0.5, 0.6) is 0 Å². The summed E-state index contributed by atoms with van der Waals surface area (Å²) in [7, 11) is -3.73. The van der Waals surface area contributed by atoms with Gasteiger partial charge in [-0.05, 0) is 6.42 Å². The average molecular weight is 456 g/mol. The minimum absolute atomic E-state index is 0.0793. The lowest BCUT2D eigenvalue weighted by molar-refractivity contribution is -1.92. The van der Waals surface area contributed by atoms with Crippen LogP contribution in [0.4, 0.5) is 0 Å². The summed E-state index contributed by atoms with van der Waals surface area (Å²) < 4.78 is 62.6. The average Bonchev–Trinajstić information content (AvgIpc) is 2.32. The van der Waals surface area contributed by atoms with E-state index in [1.807, 2.05) is 0 Å². The van der Waals surface area contributed by atoms with Crippen LogP contribution < -0.4 is 30.4 Å². The van der Waals surface area contributed by atoms with Gasteiger partial charge in [0.2, 0.25) is 0 Å². The van der Waals surface area contributed by atoms with Gasteiger partial charge in [-0.25, -0.2) is 0 Å². The summed E-state index contributed by atoms with van der Waals surface area (Å²) in [5.41, 5.74) is 0. The third-order valence-electron chi connectivity index (χ3n) is 3.01. The molecule has 0 amide bonds. The Balaban J connectivity index is 0. The second-order valence-corrected chi connectivity index (χ2v) is 9.05. The molecule has 0 heterocycles. The van der Waals surface area contributed by atoms with E-state index in [4.69, 9.17) is 18.3 Å². The van der Waals surface area contributed by atoms with Crippen molar-refractivity contribution >= 4 is 10.1 Å². The second-order valence-electron chi connectivity index (χ2n) is 5.22. The largest absolute Gasteiger partial charge is 0.368 e. The molecule has 0 spiro atoms. The maximum Gasteiger partial charge on any atom is 0.368 e. The Morgan fingerprint density at radius 3 is 1.32 bits per heavy atom. The van der Waals surface area contributed by atoms with Crippen LogP contribution in [0.25, 0.3) is 0 Å². The van der Waals surface area contributed by atoms with Gasteiger partial charge in [0.05, 0.1) is 5.75 Å². The molecule has 0 aliphatic rings. The smallest absolute Gasteiger partial charge is 0.286 e. The van der Waals surface area contributed by atoms with Crippen molar-refractivity contribution in [2.24, 2.45) is 0 Å². The monoisotopic (exact) mass is 456 g/mol. The summed E-state index contributed by atoms with van der Waals surface area (Å²) in [5.74, 6) is -0.0793. The molecule has 0 aromatic carbocycles. The fourth-order valence-corrected chi connectivity index (χ4v) is 2.52. The van der Waals surface area contributed by atoms with E-state index in [1.165, 1.54) is 51.4 Å². The normalized spacial score (nSPS) is 11.9. The van der Waals surface area contributed by atoms with Crippen molar-refractivity contribution in [2.75, 3.05) is 5.75 Å². The van der Waals surface area contributed by atoms with E-state index in [0.29, 0.717) is 6.42 Å². The molecule has 136 valence electrons. The van der Waals surface area contributed by atoms with Gasteiger partial charge in [0, 0.05) is 3.44 Å². The number of halogens is 1. The molecule has 22 heavy (non-hydrogen) atoms. The Labute approximate surface area is 140 Å². The molecular weight excluding hydrogens is 427 g/mol. The number of rotatable bonds is 12. The van der Waals surface area contributed by atoms with E-state index in [-0.39, 0.29) is 5.75 Å². The highest BCUT2D eigenvalue weighted by atomic mass is 127. The first-order valence-electron chi connectivity index (χ1n) is 7.64. The molecule has 0 aromatic heterocycles. The Hall–Kier alpha value is 0.480. The summed E-state index contributed by atoms with van der Waals surface area (Å²) in [6, 6.07) is 0. The molecule has 0 aromatic rings. The number of hydrogen-bond donors (Lipinski definition) is 2. The molecule has 0 radical (unpaired) electrons. The Morgan fingerprint density at radius 1 is 0.773 bits per heavy atom. The van der Waals surface area contributed by atoms with Crippen LogP contribution in [0.1, 0.15) is 77.6 Å². The van der Waals surface area contributed by atoms with Crippen LogP contribution in [-0.2, 0) is 10.1 Å². The fraction of sp³-hybridized carbons (Fsp3) is 1.00. The van der Waals surface area contributed by atoms with Crippen molar-refractivity contribution in [1.29, 1.82) is 0 Å². The van der Waals surface area contributed by atoms with Crippen LogP contribution in [0, 0.1) is 0 Å². The van der Waals surface area contributed by atoms with E-state index >= 15 is 0 Å². The Bertz CT molecular complexity index is 322. The van der Waals surface area contributed by atoms with E-state index in [0.717, 1.165) is 12.8 Å². The molecule has 0 aliphatic heterocycles. The van der Waals surface area contributed by atoms with Crippen LogP contribution in [-0.4, -0.2) is 22.2 Å². The molecular formula is C13H29IO7S. The first-order valence-corrected chi connectivity index (χ1v) is 12.9. The molecule has 0 unspecified atom stereocenters. The van der Waals surface area contributed by atoms with Gasteiger partial charge >= 0.3 is 20.1 Å². The number of hydrogen-bond acceptors (Lipinski definition) is 6. The van der Waals surface area contributed by atoms with Crippen LogP contribution in [0.3, 0.4) is 0 Å². The summed E-state index contributed by atoms with van der Waals surface area (Å²) in [6.45, 7) is 2.23. The number of unbranched alkanes of at least 4 members (excludes halogenated alkanes) is 10. The highest BCUT2D eigenvalue weighted by Gasteiger charge is 2.11. The molecule has 2 N–H and O–H groups in total. The van der Waals surface area contributed by atoms with E-state index < -0.39 is 30.2 Å². The van der Waals surface area contributed by atoms with Gasteiger partial charge < -0.3 is 0 Å². The van der Waals surface area contributed by atoms with Gasteiger partial charge in [-0.15, -0.1) is 0 Å². The lowest BCUT2D eigenvalue weighted by Crippen LogP contribution is -4.23. The summed E-state index contributed by atoms with van der Waals surface area (Å²) in [6.07, 6.45) is 13.1. The lowest BCUT2D eigenvalue weighted by Gasteiger charge is -2.01. The van der Waals surface area contributed by atoms with Crippen LogP contribution in [0.2, 0.25) is 0 Å². The van der Waals surface area contributed by atoms with Gasteiger partial charge in [0.1, 0.15) is 0 Å². The molecule has 0 atom stereocenters.